The molecule has 0 saturated heterocycles. The van der Waals surface area contributed by atoms with Crippen molar-refractivity contribution in [3.8, 4) is 56.2 Å². The lowest BCUT2D eigenvalue weighted by atomic mass is 9.77. The maximum atomic E-state index is 5.60. The summed E-state index contributed by atoms with van der Waals surface area (Å²) in [5.41, 5.74) is 21.9. The molecule has 1 heterocycles. The molecule has 0 amide bonds. The molecule has 11 rings (SSSR count). The van der Waals surface area contributed by atoms with E-state index in [1.165, 1.54) is 50.1 Å². The predicted molar refractivity (Wildman–Crippen MR) is 301 cm³/mol. The largest absolute Gasteiger partial charge is 0.279 e. The van der Waals surface area contributed by atoms with Crippen LogP contribution in [-0.4, -0.2) is 15.0 Å². The number of aromatic nitrogens is 3. The van der Waals surface area contributed by atoms with Crippen molar-refractivity contribution in [3.05, 3.63) is 275 Å². The number of nitrogens with zero attached hydrogens (tertiary/aromatic N) is 4. The maximum Gasteiger partial charge on any atom is 0.238 e. The van der Waals surface area contributed by atoms with Gasteiger partial charge in [-0.1, -0.05) is 193 Å². The lowest BCUT2D eigenvalue weighted by Gasteiger charge is -2.29. The minimum atomic E-state index is 0.0116. The van der Waals surface area contributed by atoms with Crippen LogP contribution in [-0.2, 0) is 0 Å². The molecule has 0 bridgehead atoms. The molecule has 72 heavy (non-hydrogen) atoms. The summed E-state index contributed by atoms with van der Waals surface area (Å²) >= 11 is 0. The number of fused-ring (bicyclic) bond motifs is 1. The first-order valence-corrected chi connectivity index (χ1v) is 24.9. The molecule has 0 radical (unpaired) electrons. The van der Waals surface area contributed by atoms with E-state index >= 15 is 0 Å². The van der Waals surface area contributed by atoms with Crippen molar-refractivity contribution in [2.24, 2.45) is 0 Å². The Labute approximate surface area is 424 Å². The second kappa shape index (κ2) is 19.6. The summed E-state index contributed by atoms with van der Waals surface area (Å²) in [6.45, 7) is 13.5. The average Bonchev–Trinajstić information content (AvgIpc) is 3.40. The number of hydrogen-bond donors (Lipinski definition) is 0. The van der Waals surface area contributed by atoms with E-state index in [0.717, 1.165) is 66.7 Å². The van der Waals surface area contributed by atoms with Crippen LogP contribution in [0.25, 0.3) is 66.9 Å². The van der Waals surface area contributed by atoms with Gasteiger partial charge in [0.1, 0.15) is 0 Å². The van der Waals surface area contributed by atoms with E-state index in [2.05, 4.69) is 253 Å². The molecule has 4 heteroatoms. The Morgan fingerprint density at radius 1 is 0.319 bits per heavy atom. The lowest BCUT2D eigenvalue weighted by Crippen LogP contribution is -2.16. The Morgan fingerprint density at radius 3 is 1.22 bits per heavy atom. The van der Waals surface area contributed by atoms with Crippen LogP contribution in [0.2, 0.25) is 0 Å². The van der Waals surface area contributed by atoms with Crippen LogP contribution in [0.5, 0.6) is 0 Å². The third-order valence-electron chi connectivity index (χ3n) is 14.0. The minimum Gasteiger partial charge on any atom is -0.279 e. The van der Waals surface area contributed by atoms with Crippen LogP contribution in [0.3, 0.4) is 0 Å². The van der Waals surface area contributed by atoms with E-state index in [-0.39, 0.29) is 5.92 Å². The number of benzene rings is 10. The van der Waals surface area contributed by atoms with E-state index in [0.29, 0.717) is 17.6 Å². The minimum absolute atomic E-state index is 0.0116. The topological polar surface area (TPSA) is 41.9 Å². The maximum absolute atomic E-state index is 5.60. The highest BCUT2D eigenvalue weighted by Crippen LogP contribution is 2.44. The van der Waals surface area contributed by atoms with Crippen molar-refractivity contribution in [2.45, 2.75) is 47.5 Å². The van der Waals surface area contributed by atoms with Crippen molar-refractivity contribution < 1.29 is 0 Å². The molecule has 0 N–H and O–H groups in total. The fourth-order valence-corrected chi connectivity index (χ4v) is 10.9. The number of anilines is 3. The van der Waals surface area contributed by atoms with Gasteiger partial charge in [0, 0.05) is 22.7 Å². The van der Waals surface area contributed by atoms with Gasteiger partial charge in [-0.25, -0.2) is 4.98 Å². The second-order valence-corrected chi connectivity index (χ2v) is 19.2. The molecule has 0 aliphatic carbocycles. The summed E-state index contributed by atoms with van der Waals surface area (Å²) in [4.78, 5) is 18.7. The highest BCUT2D eigenvalue weighted by Gasteiger charge is 2.27. The SMILES string of the molecule is Cc1cc(C)c(C(c2ccc(N(c3cc(-c4ccccc4)cc(-c4ccccc4)c3)c3nc(-c4ccccc4)nc(-c4cc5ccccc5cc4-c4ccccc4)n3)cc2)c2c(C)cc(C)cc2C)c(C)c1. The van der Waals surface area contributed by atoms with E-state index in [1.54, 1.807) is 0 Å². The summed E-state index contributed by atoms with van der Waals surface area (Å²) in [7, 11) is 0. The van der Waals surface area contributed by atoms with Crippen molar-refractivity contribution in [1.82, 2.24) is 15.0 Å². The van der Waals surface area contributed by atoms with Gasteiger partial charge in [-0.2, -0.15) is 9.97 Å². The molecule has 4 nitrogen and oxygen atoms in total. The van der Waals surface area contributed by atoms with Crippen molar-refractivity contribution in [2.75, 3.05) is 4.90 Å². The molecule has 348 valence electrons. The van der Waals surface area contributed by atoms with Gasteiger partial charge in [-0.05, 0) is 167 Å². The summed E-state index contributed by atoms with van der Waals surface area (Å²) in [6.07, 6.45) is 0. The van der Waals surface area contributed by atoms with Crippen LogP contribution < -0.4 is 4.90 Å². The normalized spacial score (nSPS) is 11.3. The molecule has 0 fully saturated rings. The van der Waals surface area contributed by atoms with E-state index in [9.17, 15) is 0 Å². The third-order valence-corrected chi connectivity index (χ3v) is 14.0. The summed E-state index contributed by atoms with van der Waals surface area (Å²) in [5.74, 6) is 1.69. The van der Waals surface area contributed by atoms with E-state index < -0.39 is 0 Å². The average molecular weight is 929 g/mol. The molecule has 1 aromatic heterocycles. The van der Waals surface area contributed by atoms with Crippen LogP contribution in [0.1, 0.15) is 56.0 Å². The highest BCUT2D eigenvalue weighted by atomic mass is 15.3. The quantitative estimate of drug-likeness (QED) is 0.121. The summed E-state index contributed by atoms with van der Waals surface area (Å²) in [5, 5.41) is 2.26. The third kappa shape index (κ3) is 9.11. The van der Waals surface area contributed by atoms with Gasteiger partial charge in [-0.3, -0.25) is 4.90 Å². The Hall–Kier alpha value is -8.73. The zero-order valence-electron chi connectivity index (χ0n) is 41.7. The first kappa shape index (κ1) is 45.7. The number of aryl methyl sites for hydroxylation is 6. The van der Waals surface area contributed by atoms with Gasteiger partial charge in [0.25, 0.3) is 0 Å². The lowest BCUT2D eigenvalue weighted by molar-refractivity contribution is 0.919. The number of rotatable bonds is 11. The monoisotopic (exact) mass is 928 g/mol. The molecule has 0 unspecified atom stereocenters. The van der Waals surface area contributed by atoms with Gasteiger partial charge in [0.2, 0.25) is 5.95 Å². The van der Waals surface area contributed by atoms with Crippen LogP contribution >= 0.6 is 0 Å². The molecule has 10 aromatic carbocycles. The molecule has 0 atom stereocenters. The molecule has 0 spiro atoms. The smallest absolute Gasteiger partial charge is 0.238 e. The highest BCUT2D eigenvalue weighted by molar-refractivity contribution is 5.96. The summed E-state index contributed by atoms with van der Waals surface area (Å²) in [6, 6.07) is 80.4. The molecular weight excluding hydrogens is 873 g/mol. The molecule has 11 aromatic rings. The number of hydrogen-bond acceptors (Lipinski definition) is 4. The van der Waals surface area contributed by atoms with Crippen molar-refractivity contribution in [3.63, 3.8) is 0 Å². The Kier molecular flexibility index (Phi) is 12.4. The molecule has 0 aliphatic heterocycles. The summed E-state index contributed by atoms with van der Waals surface area (Å²) < 4.78 is 0. The second-order valence-electron chi connectivity index (χ2n) is 19.2. The van der Waals surface area contributed by atoms with Crippen LogP contribution in [0.15, 0.2) is 224 Å². The molecule has 0 saturated carbocycles. The fourth-order valence-electron chi connectivity index (χ4n) is 10.9. The Balaban J connectivity index is 1.19. The van der Waals surface area contributed by atoms with Gasteiger partial charge in [0.15, 0.2) is 11.6 Å². The van der Waals surface area contributed by atoms with Gasteiger partial charge in [-0.15, -0.1) is 0 Å². The molecule has 0 aliphatic rings. The van der Waals surface area contributed by atoms with Gasteiger partial charge in [0.05, 0.1) is 5.69 Å². The van der Waals surface area contributed by atoms with E-state index in [1.807, 2.05) is 18.2 Å². The first-order chi connectivity index (χ1) is 35.1. The Bertz CT molecular complexity index is 3570. The van der Waals surface area contributed by atoms with Crippen molar-refractivity contribution >= 4 is 28.1 Å². The van der Waals surface area contributed by atoms with Crippen molar-refractivity contribution in [1.29, 1.82) is 0 Å². The Morgan fingerprint density at radius 2 is 0.736 bits per heavy atom. The van der Waals surface area contributed by atoms with Crippen LogP contribution in [0.4, 0.5) is 17.3 Å². The van der Waals surface area contributed by atoms with E-state index in [4.69, 9.17) is 15.0 Å². The van der Waals surface area contributed by atoms with Crippen LogP contribution in [0, 0.1) is 41.5 Å². The zero-order valence-corrected chi connectivity index (χ0v) is 41.7. The predicted octanol–water partition coefficient (Wildman–Crippen LogP) is 17.9. The fraction of sp³-hybridized carbons (Fsp3) is 0.103. The first-order valence-electron chi connectivity index (χ1n) is 24.9. The van der Waals surface area contributed by atoms with Gasteiger partial charge < -0.3 is 0 Å². The zero-order chi connectivity index (χ0) is 49.3. The standard InChI is InChI=1S/C68H56N4/c1-44-35-46(3)63(47(4)36-44)65(64-48(5)37-45(2)38-49(64)6)53-31-33-59(34-32-53)72(60-40-57(50-21-11-7-12-22-50)39-58(41-60)51-23-13-8-14-24-51)68-70-66(54-27-17-10-18-28-54)69-67(71-68)62-43-56-30-20-19-29-55(56)42-61(62)52-25-15-9-16-26-52/h7-43,65H,1-6H3. The van der Waals surface area contributed by atoms with Gasteiger partial charge >= 0.3 is 0 Å². The molecular formula is C68H56N4.